The Bertz CT molecular complexity index is 966. The summed E-state index contributed by atoms with van der Waals surface area (Å²) in [6.07, 6.45) is 0. The van der Waals surface area contributed by atoms with Gasteiger partial charge in [0.05, 0.1) is 11.1 Å². The Morgan fingerprint density at radius 2 is 1.19 bits per heavy atom. The highest BCUT2D eigenvalue weighted by Crippen LogP contribution is 2.26. The van der Waals surface area contributed by atoms with Crippen LogP contribution in [0, 0.1) is 0 Å². The topological polar surface area (TPSA) is 52.4 Å². The van der Waals surface area contributed by atoms with E-state index in [0.717, 1.165) is 15.9 Å². The molecule has 3 aromatic rings. The summed E-state index contributed by atoms with van der Waals surface area (Å²) in [5.41, 5.74) is 2.69. The summed E-state index contributed by atoms with van der Waals surface area (Å²) in [6.45, 7) is 0. The molecule has 0 N–H and O–H groups in total. The first kappa shape index (κ1) is 15.8. The Balaban J connectivity index is 1.97. The van der Waals surface area contributed by atoms with Crippen LogP contribution in [0.2, 0.25) is 0 Å². The first-order valence-electron chi connectivity index (χ1n) is 8.22. The molecule has 0 amide bonds. The number of carbonyl (C=O) groups excluding carboxylic acids is 1. The first-order valence-corrected chi connectivity index (χ1v) is 8.22. The molecular weight excluding hydrogens is 326 g/mol. The van der Waals surface area contributed by atoms with Gasteiger partial charge in [-0.2, -0.15) is 4.84 Å². The minimum absolute atomic E-state index is 0.0370. The zero-order chi connectivity index (χ0) is 17.9. The van der Waals surface area contributed by atoms with Crippen molar-refractivity contribution in [1.82, 2.24) is 0 Å². The highest BCUT2D eigenvalue weighted by Gasteiger charge is 2.37. The smallest absolute Gasteiger partial charge is 0.417 e. The summed E-state index contributed by atoms with van der Waals surface area (Å²) in [5.74, 6) is -1.12. The molecule has 0 aromatic heterocycles. The van der Waals surface area contributed by atoms with E-state index < -0.39 is 11.9 Å². The number of benzene rings is 3. The second-order valence-electron chi connectivity index (χ2n) is 5.80. The van der Waals surface area contributed by atoms with E-state index in [0.29, 0.717) is 11.3 Å². The van der Waals surface area contributed by atoms with Gasteiger partial charge in [0, 0.05) is 4.74 Å². The molecule has 1 aliphatic heterocycles. The molecule has 0 unspecified atom stereocenters. The van der Waals surface area contributed by atoms with Crippen LogP contribution in [0.4, 0.5) is 0 Å². The third-order valence-corrected chi connectivity index (χ3v) is 4.14. The lowest BCUT2D eigenvalue weighted by molar-refractivity contribution is -0.772. The highest BCUT2D eigenvalue weighted by atomic mass is 16.7. The first-order chi connectivity index (χ1) is 12.8. The minimum Gasteiger partial charge on any atom is -0.819 e. The summed E-state index contributed by atoms with van der Waals surface area (Å²) < 4.78 is 1.09. The van der Waals surface area contributed by atoms with Crippen molar-refractivity contribution in [3.8, 4) is 0 Å². The molecule has 26 heavy (non-hydrogen) atoms. The molecule has 0 fully saturated rings. The average Bonchev–Trinajstić information content (AvgIpc) is 2.98. The second-order valence-corrected chi connectivity index (χ2v) is 5.80. The van der Waals surface area contributed by atoms with E-state index >= 15 is 0 Å². The largest absolute Gasteiger partial charge is 0.819 e. The van der Waals surface area contributed by atoms with Crippen LogP contribution in [0.15, 0.2) is 96.9 Å². The van der Waals surface area contributed by atoms with Crippen LogP contribution in [-0.4, -0.2) is 16.4 Å². The molecular formula is C22H15NO3. The van der Waals surface area contributed by atoms with Gasteiger partial charge in [0.1, 0.15) is 5.57 Å². The summed E-state index contributed by atoms with van der Waals surface area (Å²) in [7, 11) is 0. The molecule has 0 saturated heterocycles. The molecule has 0 bridgehead atoms. The maximum atomic E-state index is 13.0. The van der Waals surface area contributed by atoms with Gasteiger partial charge in [-0.1, -0.05) is 66.7 Å². The van der Waals surface area contributed by atoms with Gasteiger partial charge in [-0.15, -0.1) is 0 Å². The van der Waals surface area contributed by atoms with Crippen molar-refractivity contribution in [2.24, 2.45) is 0 Å². The van der Waals surface area contributed by atoms with E-state index in [9.17, 15) is 9.90 Å². The number of hydrogen-bond donors (Lipinski definition) is 0. The third-order valence-electron chi connectivity index (χ3n) is 4.14. The lowest BCUT2D eigenvalue weighted by Crippen LogP contribution is -2.26. The van der Waals surface area contributed by atoms with Gasteiger partial charge in [0.25, 0.3) is 5.71 Å². The molecule has 1 heterocycles. The number of nitrogens with zero attached hydrogens (tertiary/aromatic N) is 1. The van der Waals surface area contributed by atoms with Crippen molar-refractivity contribution < 1.29 is 19.5 Å². The average molecular weight is 341 g/mol. The predicted octanol–water partition coefficient (Wildman–Crippen LogP) is 2.74. The zero-order valence-electron chi connectivity index (χ0n) is 13.8. The van der Waals surface area contributed by atoms with Crippen molar-refractivity contribution in [2.45, 2.75) is 0 Å². The number of carbonyl (C=O) groups is 1. The van der Waals surface area contributed by atoms with Gasteiger partial charge in [0.15, 0.2) is 0 Å². The molecule has 4 nitrogen and oxygen atoms in total. The van der Waals surface area contributed by atoms with Crippen LogP contribution in [0.5, 0.6) is 0 Å². The molecule has 0 spiro atoms. The molecule has 3 aromatic carbocycles. The van der Waals surface area contributed by atoms with Crippen LogP contribution in [0.1, 0.15) is 16.7 Å². The zero-order valence-corrected chi connectivity index (χ0v) is 13.8. The van der Waals surface area contributed by atoms with Gasteiger partial charge in [-0.25, -0.2) is 4.79 Å². The van der Waals surface area contributed by atoms with Crippen LogP contribution >= 0.6 is 0 Å². The summed E-state index contributed by atoms with van der Waals surface area (Å²) >= 11 is 0. The van der Waals surface area contributed by atoms with Gasteiger partial charge < -0.3 is 5.11 Å². The van der Waals surface area contributed by atoms with E-state index in [-0.39, 0.29) is 5.57 Å². The minimum atomic E-state index is -0.648. The van der Waals surface area contributed by atoms with Crippen LogP contribution in [0.25, 0.3) is 5.57 Å². The fourth-order valence-corrected chi connectivity index (χ4v) is 2.95. The van der Waals surface area contributed by atoms with Gasteiger partial charge >= 0.3 is 5.97 Å². The Kier molecular flexibility index (Phi) is 4.07. The van der Waals surface area contributed by atoms with Crippen molar-refractivity contribution in [2.75, 3.05) is 0 Å². The maximum absolute atomic E-state index is 13.0. The molecule has 4 rings (SSSR count). The van der Waals surface area contributed by atoms with Crippen LogP contribution in [-0.2, 0) is 9.63 Å². The molecule has 0 atom stereocenters. The van der Waals surface area contributed by atoms with Crippen molar-refractivity contribution in [3.05, 3.63) is 114 Å². The van der Waals surface area contributed by atoms with E-state index in [4.69, 9.17) is 4.84 Å². The molecule has 126 valence electrons. The normalized spacial score (nSPS) is 13.7. The van der Waals surface area contributed by atoms with Gasteiger partial charge in [-0.05, 0) is 29.8 Å². The SMILES string of the molecule is O=C1O[N+](=C(c2ccccc2)c2ccccc2)C([O-])=C1c1ccccc1. The van der Waals surface area contributed by atoms with Crippen LogP contribution < -0.4 is 5.11 Å². The molecule has 0 radical (unpaired) electrons. The molecule has 0 aliphatic carbocycles. The predicted molar refractivity (Wildman–Crippen MR) is 95.8 cm³/mol. The third kappa shape index (κ3) is 2.78. The number of hydroxylamine groups is 1. The van der Waals surface area contributed by atoms with E-state index in [2.05, 4.69) is 0 Å². The summed E-state index contributed by atoms with van der Waals surface area (Å²) in [4.78, 5) is 17.8. The Morgan fingerprint density at radius 3 is 1.69 bits per heavy atom. The Hall–Kier alpha value is -3.66. The maximum Gasteiger partial charge on any atom is 0.417 e. The highest BCUT2D eigenvalue weighted by molar-refractivity contribution is 6.18. The quantitative estimate of drug-likeness (QED) is 0.544. The van der Waals surface area contributed by atoms with Crippen molar-refractivity contribution in [3.63, 3.8) is 0 Å². The molecule has 1 aliphatic rings. The van der Waals surface area contributed by atoms with Crippen molar-refractivity contribution in [1.29, 1.82) is 0 Å². The van der Waals surface area contributed by atoms with E-state index in [1.807, 2.05) is 66.7 Å². The number of rotatable bonds is 3. The summed E-state index contributed by atoms with van der Waals surface area (Å²) in [5, 5.41) is 13.0. The van der Waals surface area contributed by atoms with Crippen LogP contribution in [0.3, 0.4) is 0 Å². The molecule has 4 heteroatoms. The Morgan fingerprint density at radius 1 is 0.731 bits per heavy atom. The summed E-state index contributed by atoms with van der Waals surface area (Å²) in [6, 6.07) is 27.7. The Labute approximate surface area is 150 Å². The standard InChI is InChI=1S/C22H15NO3/c24-21-19(16-10-4-1-5-11-16)22(25)26-23(21)20(17-12-6-2-7-13-17)18-14-8-3-9-15-18/h1-15H. The second kappa shape index (κ2) is 6.69. The van der Waals surface area contributed by atoms with E-state index in [1.54, 1.807) is 24.3 Å². The van der Waals surface area contributed by atoms with E-state index in [1.165, 1.54) is 0 Å². The molecule has 0 saturated carbocycles. The number of hydrogen-bond acceptors (Lipinski definition) is 3. The van der Waals surface area contributed by atoms with Crippen molar-refractivity contribution >= 4 is 17.3 Å². The fraction of sp³-hybridized carbons (Fsp3) is 0. The lowest BCUT2D eigenvalue weighted by atomic mass is 10.0. The van der Waals surface area contributed by atoms with Gasteiger partial charge in [0.2, 0.25) is 5.88 Å². The fourth-order valence-electron chi connectivity index (χ4n) is 2.95. The lowest BCUT2D eigenvalue weighted by Gasteiger charge is -2.07. The monoisotopic (exact) mass is 341 g/mol. The van der Waals surface area contributed by atoms with Gasteiger partial charge in [-0.3, -0.25) is 0 Å².